The van der Waals surface area contributed by atoms with Crippen LogP contribution in [0.15, 0.2) is 18.2 Å². The molecule has 3 N–H and O–H groups in total. The SMILES string of the molecule is CC1(C(=O)O)CCCC2(C)c3cc(O)ccc3C(C(=O)O)C12. The lowest BCUT2D eigenvalue weighted by Gasteiger charge is -2.48. The van der Waals surface area contributed by atoms with Crippen LogP contribution in [-0.4, -0.2) is 27.3 Å². The third kappa shape index (κ3) is 1.71. The zero-order chi connectivity index (χ0) is 16.3. The van der Waals surface area contributed by atoms with Gasteiger partial charge in [0, 0.05) is 5.92 Å². The van der Waals surface area contributed by atoms with Crippen LogP contribution >= 0.6 is 0 Å². The number of rotatable bonds is 2. The molecular formula is C17H20O5. The van der Waals surface area contributed by atoms with Gasteiger partial charge in [-0.2, -0.15) is 0 Å². The van der Waals surface area contributed by atoms with E-state index in [0.717, 1.165) is 18.4 Å². The van der Waals surface area contributed by atoms with Gasteiger partial charge in [-0.3, -0.25) is 9.59 Å². The van der Waals surface area contributed by atoms with Gasteiger partial charge in [0.2, 0.25) is 0 Å². The van der Waals surface area contributed by atoms with Gasteiger partial charge >= 0.3 is 11.9 Å². The van der Waals surface area contributed by atoms with Crippen LogP contribution in [0.1, 0.15) is 50.2 Å². The molecule has 0 spiro atoms. The lowest BCUT2D eigenvalue weighted by molar-refractivity contribution is -0.160. The number of fused-ring (bicyclic) bond motifs is 3. The average Bonchev–Trinajstić information content (AvgIpc) is 2.69. The summed E-state index contributed by atoms with van der Waals surface area (Å²) < 4.78 is 0. The van der Waals surface area contributed by atoms with Gasteiger partial charge in [-0.25, -0.2) is 0 Å². The van der Waals surface area contributed by atoms with Crippen LogP contribution in [0.25, 0.3) is 0 Å². The van der Waals surface area contributed by atoms with Crippen LogP contribution in [0.5, 0.6) is 5.75 Å². The van der Waals surface area contributed by atoms with Crippen molar-refractivity contribution in [3.05, 3.63) is 29.3 Å². The normalized spacial score (nSPS) is 36.5. The second-order valence-electron chi connectivity index (χ2n) is 7.06. The number of carboxylic acid groups (broad SMARTS) is 2. The van der Waals surface area contributed by atoms with Gasteiger partial charge in [0.1, 0.15) is 5.75 Å². The predicted molar refractivity (Wildman–Crippen MR) is 78.9 cm³/mol. The summed E-state index contributed by atoms with van der Waals surface area (Å²) in [4.78, 5) is 23.8. The second kappa shape index (κ2) is 4.48. The minimum absolute atomic E-state index is 0.0902. The summed E-state index contributed by atoms with van der Waals surface area (Å²) in [6.07, 6.45) is 1.95. The highest BCUT2D eigenvalue weighted by Gasteiger charge is 2.63. The van der Waals surface area contributed by atoms with Gasteiger partial charge in [-0.1, -0.05) is 19.4 Å². The molecule has 1 saturated carbocycles. The highest BCUT2D eigenvalue weighted by molar-refractivity contribution is 5.84. The molecule has 1 fully saturated rings. The number of hydrogen-bond acceptors (Lipinski definition) is 3. The molecule has 0 amide bonds. The van der Waals surface area contributed by atoms with Crippen molar-refractivity contribution >= 4 is 11.9 Å². The quantitative estimate of drug-likeness (QED) is 0.781. The number of phenols is 1. The Morgan fingerprint density at radius 1 is 1.18 bits per heavy atom. The summed E-state index contributed by atoms with van der Waals surface area (Å²) in [5, 5.41) is 29.3. The van der Waals surface area contributed by atoms with Crippen LogP contribution in [0.4, 0.5) is 0 Å². The first-order valence-electron chi connectivity index (χ1n) is 7.51. The highest BCUT2D eigenvalue weighted by Crippen LogP contribution is 2.63. The van der Waals surface area contributed by atoms with E-state index in [2.05, 4.69) is 0 Å². The largest absolute Gasteiger partial charge is 0.508 e. The Labute approximate surface area is 128 Å². The molecule has 5 heteroatoms. The molecule has 0 saturated heterocycles. The number of benzene rings is 1. The molecule has 1 aromatic rings. The first kappa shape index (κ1) is 14.9. The Bertz CT molecular complexity index is 667. The average molecular weight is 304 g/mol. The minimum atomic E-state index is -1.08. The van der Waals surface area contributed by atoms with Crippen LogP contribution in [-0.2, 0) is 15.0 Å². The van der Waals surface area contributed by atoms with Crippen molar-refractivity contribution in [1.82, 2.24) is 0 Å². The minimum Gasteiger partial charge on any atom is -0.508 e. The van der Waals surface area contributed by atoms with Crippen LogP contribution in [0, 0.1) is 11.3 Å². The molecule has 4 atom stereocenters. The van der Waals surface area contributed by atoms with E-state index in [1.807, 2.05) is 6.92 Å². The number of carboxylic acids is 2. The number of carbonyl (C=O) groups is 2. The predicted octanol–water partition coefficient (Wildman–Crippen LogP) is 2.72. The molecule has 5 nitrogen and oxygen atoms in total. The molecule has 22 heavy (non-hydrogen) atoms. The maximum Gasteiger partial charge on any atom is 0.311 e. The van der Waals surface area contributed by atoms with Crippen molar-refractivity contribution in [3.63, 3.8) is 0 Å². The van der Waals surface area contributed by atoms with Crippen molar-refractivity contribution in [2.45, 2.75) is 44.4 Å². The fourth-order valence-corrected chi connectivity index (χ4v) is 4.88. The van der Waals surface area contributed by atoms with Gasteiger partial charge < -0.3 is 15.3 Å². The van der Waals surface area contributed by atoms with E-state index in [1.165, 1.54) is 6.07 Å². The Hall–Kier alpha value is -2.04. The standard InChI is InChI=1S/C17H20O5/c1-16-6-3-7-17(2,15(21)22)13(16)12(14(19)20)10-5-4-9(18)8-11(10)16/h4-5,8,12-13,18H,3,6-7H2,1-2H3,(H,19,20)(H,21,22). The summed E-state index contributed by atoms with van der Waals surface area (Å²) in [5.74, 6) is -3.20. The van der Waals surface area contributed by atoms with E-state index in [0.29, 0.717) is 12.0 Å². The highest BCUT2D eigenvalue weighted by atomic mass is 16.4. The molecule has 3 rings (SSSR count). The Kier molecular flexibility index (Phi) is 3.03. The third-order valence-corrected chi connectivity index (χ3v) is 5.84. The van der Waals surface area contributed by atoms with Crippen molar-refractivity contribution in [2.24, 2.45) is 11.3 Å². The van der Waals surface area contributed by atoms with Gasteiger partial charge in [0.05, 0.1) is 11.3 Å². The van der Waals surface area contributed by atoms with Crippen molar-refractivity contribution in [1.29, 1.82) is 0 Å². The molecule has 0 radical (unpaired) electrons. The van der Waals surface area contributed by atoms with E-state index in [-0.39, 0.29) is 5.75 Å². The zero-order valence-electron chi connectivity index (χ0n) is 12.7. The van der Waals surface area contributed by atoms with Gasteiger partial charge in [0.25, 0.3) is 0 Å². The molecule has 4 unspecified atom stereocenters. The lowest BCUT2D eigenvalue weighted by atomic mass is 9.54. The van der Waals surface area contributed by atoms with Crippen molar-refractivity contribution < 1.29 is 24.9 Å². The lowest BCUT2D eigenvalue weighted by Crippen LogP contribution is -2.50. The molecule has 0 aliphatic heterocycles. The molecule has 1 aromatic carbocycles. The van der Waals surface area contributed by atoms with Crippen molar-refractivity contribution in [2.75, 3.05) is 0 Å². The number of phenolic OH excluding ortho intramolecular Hbond substituents is 1. The molecular weight excluding hydrogens is 284 g/mol. The molecule has 118 valence electrons. The fourth-order valence-electron chi connectivity index (χ4n) is 4.88. The topological polar surface area (TPSA) is 94.8 Å². The summed E-state index contributed by atoms with van der Waals surface area (Å²) in [7, 11) is 0. The van der Waals surface area contributed by atoms with E-state index in [1.54, 1.807) is 19.1 Å². The Morgan fingerprint density at radius 3 is 2.45 bits per heavy atom. The molecule has 2 aliphatic carbocycles. The van der Waals surface area contributed by atoms with Crippen molar-refractivity contribution in [3.8, 4) is 5.75 Å². The van der Waals surface area contributed by atoms with Crippen LogP contribution in [0.2, 0.25) is 0 Å². The monoisotopic (exact) mass is 304 g/mol. The van der Waals surface area contributed by atoms with Gasteiger partial charge in [-0.15, -0.1) is 0 Å². The van der Waals surface area contributed by atoms with E-state index < -0.39 is 34.6 Å². The number of aliphatic carboxylic acids is 2. The third-order valence-electron chi connectivity index (χ3n) is 5.84. The first-order chi connectivity index (χ1) is 10.2. The summed E-state index contributed by atoms with van der Waals surface area (Å²) >= 11 is 0. The molecule has 0 heterocycles. The Balaban J connectivity index is 2.27. The zero-order valence-corrected chi connectivity index (χ0v) is 12.7. The maximum absolute atomic E-state index is 11.9. The summed E-state index contributed by atoms with van der Waals surface area (Å²) in [6.45, 7) is 3.61. The van der Waals surface area contributed by atoms with Crippen LogP contribution < -0.4 is 0 Å². The van der Waals surface area contributed by atoms with Gasteiger partial charge in [-0.05, 0) is 48.4 Å². The second-order valence-corrected chi connectivity index (χ2v) is 7.06. The van der Waals surface area contributed by atoms with E-state index in [4.69, 9.17) is 0 Å². The first-order valence-corrected chi connectivity index (χ1v) is 7.51. The molecule has 2 aliphatic rings. The number of aromatic hydroxyl groups is 1. The fraction of sp³-hybridized carbons (Fsp3) is 0.529. The Morgan fingerprint density at radius 2 is 1.86 bits per heavy atom. The maximum atomic E-state index is 11.9. The smallest absolute Gasteiger partial charge is 0.311 e. The summed E-state index contributed by atoms with van der Waals surface area (Å²) in [6, 6.07) is 4.72. The van der Waals surface area contributed by atoms with E-state index >= 15 is 0 Å². The molecule has 0 bridgehead atoms. The van der Waals surface area contributed by atoms with Crippen LogP contribution in [0.3, 0.4) is 0 Å². The summed E-state index contributed by atoms with van der Waals surface area (Å²) in [5.41, 5.74) is -0.183. The number of hydrogen-bond donors (Lipinski definition) is 3. The molecule has 0 aromatic heterocycles. The van der Waals surface area contributed by atoms with E-state index in [9.17, 15) is 24.9 Å². The van der Waals surface area contributed by atoms with Gasteiger partial charge in [0.15, 0.2) is 0 Å².